The maximum atomic E-state index is 9.94. The molecule has 1 aliphatic rings. The molecule has 68 valence electrons. The highest BCUT2D eigenvalue weighted by molar-refractivity contribution is 5.64. The molecule has 1 rings (SSSR count). The van der Waals surface area contributed by atoms with E-state index in [0.717, 1.165) is 45.6 Å². The Morgan fingerprint density at radius 1 is 1.33 bits per heavy atom. The first-order chi connectivity index (χ1) is 5.93. The number of carbonyl (C=O) groups is 1. The summed E-state index contributed by atoms with van der Waals surface area (Å²) in [5.74, 6) is 0. The third kappa shape index (κ3) is 3.64. The van der Waals surface area contributed by atoms with Crippen LogP contribution >= 0.6 is 0 Å². The first-order valence-electron chi connectivity index (χ1n) is 4.34. The summed E-state index contributed by atoms with van der Waals surface area (Å²) in [6.45, 7) is 4.77. The van der Waals surface area contributed by atoms with Crippen molar-refractivity contribution in [3.63, 3.8) is 0 Å². The van der Waals surface area contributed by atoms with Gasteiger partial charge in [-0.3, -0.25) is 9.69 Å². The molecule has 0 bridgehead atoms. The highest BCUT2D eigenvalue weighted by Crippen LogP contribution is 1.97. The Balaban J connectivity index is 2.05. The van der Waals surface area contributed by atoms with E-state index in [1.54, 1.807) is 6.08 Å². The van der Waals surface area contributed by atoms with Crippen LogP contribution in [0.1, 0.15) is 6.42 Å². The van der Waals surface area contributed by atoms with Crippen molar-refractivity contribution in [3.8, 4) is 0 Å². The van der Waals surface area contributed by atoms with Crippen LogP contribution in [-0.4, -0.2) is 44.0 Å². The van der Waals surface area contributed by atoms with Gasteiger partial charge in [-0.05, 0) is 12.5 Å². The van der Waals surface area contributed by atoms with Crippen molar-refractivity contribution in [1.82, 2.24) is 4.90 Å². The molecule has 0 N–H and O–H groups in total. The number of aldehydes is 1. The average Bonchev–Trinajstić information content (AvgIpc) is 2.14. The fraction of sp³-hybridized carbons (Fsp3) is 0.667. The van der Waals surface area contributed by atoms with Gasteiger partial charge in [-0.2, -0.15) is 0 Å². The molecule has 1 heterocycles. The van der Waals surface area contributed by atoms with Gasteiger partial charge in [0.25, 0.3) is 0 Å². The number of rotatable bonds is 4. The zero-order chi connectivity index (χ0) is 8.65. The molecule has 0 amide bonds. The van der Waals surface area contributed by atoms with E-state index in [1.165, 1.54) is 0 Å². The third-order valence-electron chi connectivity index (χ3n) is 1.93. The fourth-order valence-corrected chi connectivity index (χ4v) is 1.23. The highest BCUT2D eigenvalue weighted by Gasteiger charge is 2.07. The van der Waals surface area contributed by atoms with Gasteiger partial charge in [0.1, 0.15) is 6.29 Å². The Morgan fingerprint density at radius 2 is 2.08 bits per heavy atom. The predicted octanol–water partition coefficient (Wildman–Crippen LogP) is 0.464. The van der Waals surface area contributed by atoms with Crippen molar-refractivity contribution in [3.05, 3.63) is 12.2 Å². The third-order valence-corrected chi connectivity index (χ3v) is 1.93. The van der Waals surface area contributed by atoms with E-state index >= 15 is 0 Å². The molecular weight excluding hydrogens is 154 g/mol. The number of nitrogens with zero attached hydrogens (tertiary/aromatic N) is 1. The van der Waals surface area contributed by atoms with Crippen LogP contribution in [0.4, 0.5) is 0 Å². The van der Waals surface area contributed by atoms with Crippen LogP contribution in [0.3, 0.4) is 0 Å². The molecule has 1 fully saturated rings. The Labute approximate surface area is 73.0 Å². The van der Waals surface area contributed by atoms with E-state index in [1.807, 2.05) is 6.08 Å². The van der Waals surface area contributed by atoms with Crippen molar-refractivity contribution >= 4 is 6.29 Å². The minimum Gasteiger partial charge on any atom is -0.379 e. The van der Waals surface area contributed by atoms with Gasteiger partial charge in [0.05, 0.1) is 13.2 Å². The van der Waals surface area contributed by atoms with Crippen LogP contribution in [0.15, 0.2) is 12.2 Å². The molecule has 0 aromatic carbocycles. The number of morpholine rings is 1. The molecule has 3 heteroatoms. The van der Waals surface area contributed by atoms with Gasteiger partial charge in [-0.25, -0.2) is 0 Å². The number of ether oxygens (including phenoxy) is 1. The van der Waals surface area contributed by atoms with E-state index in [-0.39, 0.29) is 0 Å². The van der Waals surface area contributed by atoms with Crippen LogP contribution in [0.25, 0.3) is 0 Å². The quantitative estimate of drug-likeness (QED) is 0.452. The molecule has 3 nitrogen and oxygen atoms in total. The summed E-state index contributed by atoms with van der Waals surface area (Å²) in [5.41, 5.74) is 0. The molecule has 12 heavy (non-hydrogen) atoms. The smallest absolute Gasteiger partial charge is 0.142 e. The second-order valence-electron chi connectivity index (χ2n) is 2.81. The van der Waals surface area contributed by atoms with Crippen LogP contribution in [0.2, 0.25) is 0 Å². The average molecular weight is 169 g/mol. The molecule has 0 radical (unpaired) electrons. The van der Waals surface area contributed by atoms with Crippen molar-refractivity contribution in [1.29, 1.82) is 0 Å². The molecule has 0 aliphatic carbocycles. The molecule has 1 saturated heterocycles. The standard InChI is InChI=1S/C9H15NO2/c11-7-3-1-2-4-10-5-8-12-9-6-10/h1,3,7H,2,4-6,8-9H2/b3-1-. The summed E-state index contributed by atoms with van der Waals surface area (Å²) in [6.07, 6.45) is 5.24. The van der Waals surface area contributed by atoms with Crippen molar-refractivity contribution < 1.29 is 9.53 Å². The van der Waals surface area contributed by atoms with Gasteiger partial charge in [0.2, 0.25) is 0 Å². The molecule has 1 aliphatic heterocycles. The number of hydrogen-bond donors (Lipinski definition) is 0. The lowest BCUT2D eigenvalue weighted by Crippen LogP contribution is -2.36. The molecule has 0 aromatic heterocycles. The topological polar surface area (TPSA) is 29.5 Å². The van der Waals surface area contributed by atoms with Crippen molar-refractivity contribution in [2.45, 2.75) is 6.42 Å². The van der Waals surface area contributed by atoms with E-state index in [9.17, 15) is 4.79 Å². The second-order valence-corrected chi connectivity index (χ2v) is 2.81. The molecule has 0 spiro atoms. The first kappa shape index (κ1) is 9.42. The van der Waals surface area contributed by atoms with Gasteiger partial charge in [-0.1, -0.05) is 6.08 Å². The molecule has 0 unspecified atom stereocenters. The number of carbonyl (C=O) groups excluding carboxylic acids is 1. The first-order valence-corrected chi connectivity index (χ1v) is 4.34. The van der Waals surface area contributed by atoms with Crippen LogP contribution < -0.4 is 0 Å². The molecule has 0 aromatic rings. The highest BCUT2D eigenvalue weighted by atomic mass is 16.5. The van der Waals surface area contributed by atoms with E-state index in [0.29, 0.717) is 0 Å². The van der Waals surface area contributed by atoms with E-state index in [4.69, 9.17) is 4.74 Å². The zero-order valence-electron chi connectivity index (χ0n) is 7.24. The lowest BCUT2D eigenvalue weighted by Gasteiger charge is -2.25. The summed E-state index contributed by atoms with van der Waals surface area (Å²) in [6, 6.07) is 0. The van der Waals surface area contributed by atoms with Crippen molar-refractivity contribution in [2.24, 2.45) is 0 Å². The minimum absolute atomic E-state index is 0.819. The van der Waals surface area contributed by atoms with Gasteiger partial charge in [-0.15, -0.1) is 0 Å². The summed E-state index contributed by atoms with van der Waals surface area (Å²) in [4.78, 5) is 12.3. The minimum atomic E-state index is 0.819. The van der Waals surface area contributed by atoms with Gasteiger partial charge >= 0.3 is 0 Å². The Kier molecular flexibility index (Phi) is 4.64. The normalized spacial score (nSPS) is 20.0. The number of allylic oxidation sites excluding steroid dienone is 1. The monoisotopic (exact) mass is 169 g/mol. The molecular formula is C9H15NO2. The SMILES string of the molecule is O=C/C=C\CCN1CCOCC1. The lowest BCUT2D eigenvalue weighted by atomic mass is 10.3. The number of hydrogen-bond acceptors (Lipinski definition) is 3. The predicted molar refractivity (Wildman–Crippen MR) is 47.1 cm³/mol. The summed E-state index contributed by atoms with van der Waals surface area (Å²) < 4.78 is 5.21. The Hall–Kier alpha value is -0.670. The van der Waals surface area contributed by atoms with Crippen LogP contribution in [-0.2, 0) is 9.53 Å². The van der Waals surface area contributed by atoms with E-state index in [2.05, 4.69) is 4.90 Å². The van der Waals surface area contributed by atoms with E-state index < -0.39 is 0 Å². The van der Waals surface area contributed by atoms with Crippen LogP contribution in [0, 0.1) is 0 Å². The largest absolute Gasteiger partial charge is 0.379 e. The van der Waals surface area contributed by atoms with Crippen LogP contribution in [0.5, 0.6) is 0 Å². The fourth-order valence-electron chi connectivity index (χ4n) is 1.23. The van der Waals surface area contributed by atoms with Gasteiger partial charge < -0.3 is 4.74 Å². The lowest BCUT2D eigenvalue weighted by molar-refractivity contribution is -0.104. The van der Waals surface area contributed by atoms with Gasteiger partial charge in [0.15, 0.2) is 0 Å². The molecule has 0 atom stereocenters. The maximum Gasteiger partial charge on any atom is 0.142 e. The summed E-state index contributed by atoms with van der Waals surface area (Å²) in [5, 5.41) is 0. The summed E-state index contributed by atoms with van der Waals surface area (Å²) in [7, 11) is 0. The Morgan fingerprint density at radius 3 is 2.75 bits per heavy atom. The Bertz CT molecular complexity index is 151. The molecule has 0 saturated carbocycles. The summed E-state index contributed by atoms with van der Waals surface area (Å²) >= 11 is 0. The van der Waals surface area contributed by atoms with Crippen molar-refractivity contribution in [2.75, 3.05) is 32.8 Å². The second kappa shape index (κ2) is 5.91. The zero-order valence-corrected chi connectivity index (χ0v) is 7.24. The van der Waals surface area contributed by atoms with Gasteiger partial charge in [0, 0.05) is 19.6 Å². The maximum absolute atomic E-state index is 9.94.